The highest BCUT2D eigenvalue weighted by atomic mass is 16.2. The maximum atomic E-state index is 15.2. The number of nitrogens with two attached hydrogens (primary N) is 5. The van der Waals surface area contributed by atoms with Gasteiger partial charge in [0.15, 0.2) is 0 Å². The Morgan fingerprint density at radius 2 is 0.705 bits per heavy atom. The van der Waals surface area contributed by atoms with E-state index in [1.165, 1.54) is 6.92 Å². The molecular formula is C95H166N22O15+2. The molecule has 2 aromatic carbocycles. The van der Waals surface area contributed by atoms with E-state index in [0.717, 1.165) is 40.5 Å². The van der Waals surface area contributed by atoms with Crippen molar-refractivity contribution in [3.63, 3.8) is 0 Å². The van der Waals surface area contributed by atoms with Gasteiger partial charge in [0.25, 0.3) is 0 Å². The normalized spacial score (nSPS) is 15.2. The van der Waals surface area contributed by atoms with Gasteiger partial charge in [0, 0.05) is 29.9 Å². The van der Waals surface area contributed by atoms with Gasteiger partial charge in [-0.05, 0) is 195 Å². The molecule has 0 radical (unpaired) electrons. The first-order valence-electron chi connectivity index (χ1n) is 47.6. The fourth-order valence-corrected chi connectivity index (χ4v) is 15.1. The first-order chi connectivity index (χ1) is 62.0. The molecule has 25 N–H and O–H groups in total. The van der Waals surface area contributed by atoms with Crippen molar-refractivity contribution in [1.82, 2.24) is 79.4 Å². The second-order valence-electron chi connectivity index (χ2n) is 39.4. The molecule has 0 saturated carbocycles. The van der Waals surface area contributed by atoms with Gasteiger partial charge in [-0.25, -0.2) is 0 Å². The molecule has 0 fully saturated rings. The number of rotatable bonds is 65. The van der Waals surface area contributed by atoms with Crippen LogP contribution in [0.5, 0.6) is 0 Å². The van der Waals surface area contributed by atoms with Crippen LogP contribution >= 0.6 is 0 Å². The lowest BCUT2D eigenvalue weighted by Gasteiger charge is -2.29. The Bertz CT molecular complexity index is 4130. The van der Waals surface area contributed by atoms with E-state index in [2.05, 4.69) is 101 Å². The van der Waals surface area contributed by atoms with Crippen molar-refractivity contribution in [2.45, 2.75) is 309 Å². The quantitative estimate of drug-likeness (QED) is 0.0283. The number of fused-ring (bicyclic) bond motifs is 1. The zero-order valence-electron chi connectivity index (χ0n) is 82.3. The van der Waals surface area contributed by atoms with Gasteiger partial charge in [0.1, 0.15) is 78.5 Å². The van der Waals surface area contributed by atoms with Crippen molar-refractivity contribution in [3.8, 4) is 0 Å². The number of unbranched alkanes of at least 4 members (excludes halogenated alkanes) is 5. The summed E-state index contributed by atoms with van der Waals surface area (Å²) in [5.74, 6) is -12.9. The Hall–Kier alpha value is -10.2. The van der Waals surface area contributed by atoms with Gasteiger partial charge in [-0.15, -0.1) is 0 Å². The monoisotopic (exact) mass is 1860 g/mol. The summed E-state index contributed by atoms with van der Waals surface area (Å²) >= 11 is 0. The number of H-pyrrole nitrogens is 1. The molecule has 0 saturated heterocycles. The smallest absolute Gasteiger partial charge is 0.243 e. The van der Waals surface area contributed by atoms with Crippen LogP contribution in [0.4, 0.5) is 0 Å². The Kier molecular flexibility index (Phi) is 52.2. The van der Waals surface area contributed by atoms with Crippen molar-refractivity contribution in [3.05, 3.63) is 71.9 Å². The van der Waals surface area contributed by atoms with Gasteiger partial charge in [0.2, 0.25) is 88.6 Å². The number of aromatic nitrogens is 1. The third-order valence-corrected chi connectivity index (χ3v) is 23.1. The minimum Gasteiger partial charge on any atom is -0.368 e. The lowest BCUT2D eigenvalue weighted by atomic mass is 9.97. The van der Waals surface area contributed by atoms with Gasteiger partial charge in [0.05, 0.1) is 68.0 Å². The van der Waals surface area contributed by atoms with E-state index < -0.39 is 197 Å². The fraction of sp³-hybridized carbons (Fsp3) is 0.695. The molecule has 15 amide bonds. The predicted molar refractivity (Wildman–Crippen MR) is 513 cm³/mol. The second-order valence-corrected chi connectivity index (χ2v) is 39.4. The molecular weight excluding hydrogens is 1690 g/mol. The first-order valence-corrected chi connectivity index (χ1v) is 47.6. The zero-order chi connectivity index (χ0) is 99.3. The Morgan fingerprint density at radius 3 is 1.13 bits per heavy atom. The van der Waals surface area contributed by atoms with Crippen molar-refractivity contribution in [1.29, 1.82) is 0 Å². The number of para-hydroxylation sites is 1. The molecule has 3 rings (SSSR count). The first kappa shape index (κ1) is 116. The van der Waals surface area contributed by atoms with Crippen LogP contribution < -0.4 is 103 Å². The maximum absolute atomic E-state index is 15.2. The molecule has 15 atom stereocenters. The number of benzene rings is 2. The number of amides is 15. The summed E-state index contributed by atoms with van der Waals surface area (Å²) in [5, 5.41) is 39.7. The van der Waals surface area contributed by atoms with E-state index in [1.807, 2.05) is 87.0 Å². The van der Waals surface area contributed by atoms with Crippen LogP contribution in [0.1, 0.15) is 223 Å². The predicted octanol–water partition coefficient (Wildman–Crippen LogP) is 1.84. The van der Waals surface area contributed by atoms with Crippen LogP contribution in [0.25, 0.3) is 10.9 Å². The number of carbonyl (C=O) groups is 15. The van der Waals surface area contributed by atoms with Gasteiger partial charge in [-0.1, -0.05) is 138 Å². The van der Waals surface area contributed by atoms with Crippen molar-refractivity contribution in [2.75, 3.05) is 81.6 Å². The number of aromatic amines is 1. The molecule has 1 heterocycles. The van der Waals surface area contributed by atoms with E-state index in [-0.39, 0.29) is 88.6 Å². The van der Waals surface area contributed by atoms with Crippen molar-refractivity contribution < 1.29 is 80.9 Å². The van der Waals surface area contributed by atoms with Crippen LogP contribution in [0, 0.1) is 35.5 Å². The van der Waals surface area contributed by atoms with Crippen LogP contribution in [0.15, 0.2) is 60.8 Å². The number of primary amides is 1. The third kappa shape index (κ3) is 44.1. The van der Waals surface area contributed by atoms with Crippen LogP contribution in [-0.4, -0.2) is 269 Å². The SMILES string of the molecule is CC[C@H](C)[C@H](NC(=O)[C@H](CCCCN)NC(=O)[C@H](CCCCN)NC(=O)[C@H](Cc1ccccc1)NC(=O)[C@H](CC(C)C)NC(=O)[C@H](CCCC[N+](C)(C)C)NC(=O)[C@H](Cc1c[nH]c2ccccc12)NC(=O)[C@@H](N)CCCC[N+](C)(C)C)C(=O)NCC(=O)N[C@@H](C)C(=O)N[C@H](C(=O)N[C@@H](CC(C)C)C(=O)N[C@@H](CCCCN)C(=O)N[C@H](C(=O)N[C@@H](CC(C)C)C(N)=O)C(C)C)C(C)C. The molecule has 1 aromatic heterocycles. The third-order valence-electron chi connectivity index (χ3n) is 23.1. The summed E-state index contributed by atoms with van der Waals surface area (Å²) in [6.07, 6.45) is 8.27. The van der Waals surface area contributed by atoms with E-state index in [1.54, 1.807) is 78.1 Å². The summed E-state index contributed by atoms with van der Waals surface area (Å²) in [6.45, 7) is 24.3. The average Bonchev–Trinajstić information content (AvgIpc) is 1.70. The van der Waals surface area contributed by atoms with Gasteiger partial charge >= 0.3 is 0 Å². The molecule has 37 heteroatoms. The summed E-state index contributed by atoms with van der Waals surface area (Å²) in [7, 11) is 12.4. The molecule has 744 valence electrons. The van der Waals surface area contributed by atoms with Crippen LogP contribution in [0.2, 0.25) is 0 Å². The summed E-state index contributed by atoms with van der Waals surface area (Å²) < 4.78 is 1.38. The largest absolute Gasteiger partial charge is 0.368 e. The number of hydrogen-bond donors (Lipinski definition) is 20. The molecule has 3 aromatic rings. The van der Waals surface area contributed by atoms with E-state index >= 15 is 14.4 Å². The van der Waals surface area contributed by atoms with Crippen molar-refractivity contribution in [2.24, 2.45) is 64.2 Å². The summed E-state index contributed by atoms with van der Waals surface area (Å²) in [5.41, 5.74) is 32.0. The van der Waals surface area contributed by atoms with Crippen molar-refractivity contribution >= 4 is 99.5 Å². The van der Waals surface area contributed by atoms with E-state index in [9.17, 15) is 57.5 Å². The van der Waals surface area contributed by atoms with E-state index in [0.29, 0.717) is 87.2 Å². The Labute approximate surface area is 783 Å². The van der Waals surface area contributed by atoms with Crippen LogP contribution in [0.3, 0.4) is 0 Å². The topological polar surface area (TPSA) is 570 Å². The van der Waals surface area contributed by atoms with Gasteiger partial charge in [-0.2, -0.15) is 0 Å². The molecule has 0 aliphatic carbocycles. The lowest BCUT2D eigenvalue weighted by Crippen LogP contribution is -2.61. The average molecular weight is 1860 g/mol. The highest BCUT2D eigenvalue weighted by Crippen LogP contribution is 2.22. The minimum absolute atomic E-state index is 0.00560. The summed E-state index contributed by atoms with van der Waals surface area (Å²) in [4.78, 5) is 218. The number of quaternary nitrogens is 2. The van der Waals surface area contributed by atoms with Crippen LogP contribution in [-0.2, 0) is 84.8 Å². The highest BCUT2D eigenvalue weighted by Gasteiger charge is 2.40. The number of nitrogens with zero attached hydrogens (tertiary/aromatic N) is 2. The zero-order valence-corrected chi connectivity index (χ0v) is 82.3. The Morgan fingerprint density at radius 1 is 0.356 bits per heavy atom. The maximum Gasteiger partial charge on any atom is 0.243 e. The standard InChI is InChI=1S/C95H164N22O15/c1-20-62(12)81(93(130)102-56-78(118)103-63(13)83(120)113-79(60(8)9)95(132)112-75(52-59(6)7)89(126)107-71(42-27-32-46-97)87(124)114-80(61(10)11)94(131)108-73(82(100)119)50-57(2)3)115-88(125)72(43-28-33-47-98)104-85(122)69(41-26-31-45-96)105-91(128)76(53-64-36-22-21-23-37-64)111-90(127)74(51-58(4)5)110-86(123)70(44-30-35-49-117(17,18)19)106-92(129)77(54-65-55-101-68-40-25-24-38-66(65)68)109-84(121)67(99)39-29-34-48-116(14,15)16/h21-25,36-38,40,55,57-63,67,69-77,79-81,101H,20,26-35,39,41-54,56,96-99H2,1-19H3,(H14-2,100,102,103,104,105,106,107,108,109,110,111,112,113,114,115,118,119,120,121,122,123,124,125,126,127,128,129,130,131,132)/p+2/t62-,63-,67-,69-,70-,71-,72-,73-,74-,75-,76-,77-,79-,80-,81-/m0/s1. The number of carbonyl (C=O) groups excluding carboxylic acids is 15. The molecule has 0 bridgehead atoms. The second kappa shape index (κ2) is 59.4. The van der Waals surface area contributed by atoms with Gasteiger partial charge < -0.3 is 117 Å². The minimum atomic E-state index is -1.38. The molecule has 132 heavy (non-hydrogen) atoms. The highest BCUT2D eigenvalue weighted by molar-refractivity contribution is 6.01. The molecule has 37 nitrogen and oxygen atoms in total. The summed E-state index contributed by atoms with van der Waals surface area (Å²) in [6, 6.07) is -0.703. The fourth-order valence-electron chi connectivity index (χ4n) is 15.1. The molecule has 0 spiro atoms. The lowest BCUT2D eigenvalue weighted by molar-refractivity contribution is -0.870. The van der Waals surface area contributed by atoms with E-state index in [4.69, 9.17) is 28.7 Å². The molecule has 0 unspecified atom stereocenters. The number of hydrogen-bond acceptors (Lipinski definition) is 19. The van der Waals surface area contributed by atoms with Gasteiger partial charge in [-0.3, -0.25) is 71.9 Å². The molecule has 0 aliphatic heterocycles. The Balaban J connectivity index is 1.91. The number of nitrogens with one attached hydrogen (secondary N) is 15. The molecule has 0 aliphatic rings.